The van der Waals surface area contributed by atoms with Gasteiger partial charge < -0.3 is 10.2 Å². The molecule has 0 aromatic carbocycles. The lowest BCUT2D eigenvalue weighted by Crippen LogP contribution is -2.48. The lowest BCUT2D eigenvalue weighted by Gasteiger charge is -2.38. The molecule has 0 aromatic rings. The van der Waals surface area contributed by atoms with Gasteiger partial charge in [0.1, 0.15) is 0 Å². The molecule has 2 unspecified atom stereocenters. The number of rotatable bonds is 6. The summed E-state index contributed by atoms with van der Waals surface area (Å²) in [5.74, 6) is 1.05. The summed E-state index contributed by atoms with van der Waals surface area (Å²) in [5, 5.41) is 3.69. The summed E-state index contributed by atoms with van der Waals surface area (Å²) in [4.78, 5) is 2.74. The highest BCUT2D eigenvalue weighted by atomic mass is 15.2. The number of piperidine rings is 1. The zero-order valence-electron chi connectivity index (χ0n) is 12.5. The molecule has 0 radical (unpaired) electrons. The van der Waals surface area contributed by atoms with Crippen molar-refractivity contribution in [1.82, 2.24) is 10.2 Å². The van der Waals surface area contributed by atoms with Gasteiger partial charge in [-0.3, -0.25) is 0 Å². The number of nitrogens with zero attached hydrogens (tertiary/aromatic N) is 1. The molecular weight excluding hydrogens is 220 g/mol. The van der Waals surface area contributed by atoms with Gasteiger partial charge in [-0.05, 0) is 58.2 Å². The van der Waals surface area contributed by atoms with Crippen LogP contribution in [-0.4, -0.2) is 36.6 Å². The van der Waals surface area contributed by atoms with E-state index in [-0.39, 0.29) is 0 Å². The van der Waals surface area contributed by atoms with Gasteiger partial charge in [0.2, 0.25) is 0 Å². The Kier molecular flexibility index (Phi) is 5.97. The van der Waals surface area contributed by atoms with Crippen molar-refractivity contribution in [3.05, 3.63) is 0 Å². The van der Waals surface area contributed by atoms with E-state index in [4.69, 9.17) is 0 Å². The van der Waals surface area contributed by atoms with Crippen molar-refractivity contribution in [3.8, 4) is 0 Å². The summed E-state index contributed by atoms with van der Waals surface area (Å²) in [5.41, 5.74) is 0. The average Bonchev–Trinajstić information content (AvgIpc) is 2.88. The molecule has 1 saturated heterocycles. The Morgan fingerprint density at radius 2 is 1.94 bits per heavy atom. The van der Waals surface area contributed by atoms with Crippen molar-refractivity contribution < 1.29 is 0 Å². The molecule has 1 N–H and O–H groups in total. The summed E-state index contributed by atoms with van der Waals surface area (Å²) < 4.78 is 0. The fraction of sp³-hybridized carbons (Fsp3) is 1.00. The Morgan fingerprint density at radius 3 is 2.61 bits per heavy atom. The Hall–Kier alpha value is -0.0800. The molecule has 1 saturated carbocycles. The maximum absolute atomic E-state index is 3.69. The van der Waals surface area contributed by atoms with Crippen LogP contribution in [0.4, 0.5) is 0 Å². The normalized spacial score (nSPS) is 31.0. The molecule has 1 aliphatic carbocycles. The van der Waals surface area contributed by atoms with Crippen LogP contribution in [0.5, 0.6) is 0 Å². The van der Waals surface area contributed by atoms with Crippen molar-refractivity contribution in [3.63, 3.8) is 0 Å². The smallest absolute Gasteiger partial charge is 0.00940 e. The lowest BCUT2D eigenvalue weighted by molar-refractivity contribution is 0.128. The fourth-order valence-corrected chi connectivity index (χ4v) is 3.73. The lowest BCUT2D eigenvalue weighted by atomic mass is 9.96. The van der Waals surface area contributed by atoms with Crippen molar-refractivity contribution in [2.45, 2.75) is 77.3 Å². The Balaban J connectivity index is 1.65. The van der Waals surface area contributed by atoms with Crippen molar-refractivity contribution >= 4 is 0 Å². The molecule has 1 heterocycles. The fourth-order valence-electron chi connectivity index (χ4n) is 3.73. The molecule has 1 aliphatic heterocycles. The highest BCUT2D eigenvalue weighted by molar-refractivity contribution is 4.83. The number of likely N-dealkylation sites (tertiary alicyclic amines) is 1. The molecule has 2 atom stereocenters. The van der Waals surface area contributed by atoms with Crippen LogP contribution in [0.15, 0.2) is 0 Å². The van der Waals surface area contributed by atoms with Gasteiger partial charge in [-0.1, -0.05) is 32.6 Å². The van der Waals surface area contributed by atoms with Crippen LogP contribution in [0.2, 0.25) is 0 Å². The molecule has 2 fully saturated rings. The molecule has 0 amide bonds. The molecule has 0 bridgehead atoms. The number of hydrogen-bond acceptors (Lipinski definition) is 2. The maximum atomic E-state index is 3.69. The highest BCUT2D eigenvalue weighted by Crippen LogP contribution is 2.28. The second-order valence-corrected chi connectivity index (χ2v) is 6.50. The third-order valence-corrected chi connectivity index (χ3v) is 5.00. The third kappa shape index (κ3) is 4.24. The minimum absolute atomic E-state index is 0.780. The summed E-state index contributed by atoms with van der Waals surface area (Å²) in [7, 11) is 0. The molecular formula is C16H32N2. The first-order valence-corrected chi connectivity index (χ1v) is 8.27. The molecule has 18 heavy (non-hydrogen) atoms. The highest BCUT2D eigenvalue weighted by Gasteiger charge is 2.25. The van der Waals surface area contributed by atoms with Crippen LogP contribution in [-0.2, 0) is 0 Å². The SMILES string of the molecule is CCCNC1CCN(CCC2CCCC2)C(C)C1. The van der Waals surface area contributed by atoms with Gasteiger partial charge in [0.25, 0.3) is 0 Å². The maximum Gasteiger partial charge on any atom is 0.00940 e. The van der Waals surface area contributed by atoms with E-state index in [0.717, 1.165) is 18.0 Å². The molecule has 0 spiro atoms. The predicted octanol–water partition coefficient (Wildman–Crippen LogP) is 3.42. The summed E-state index contributed by atoms with van der Waals surface area (Å²) >= 11 is 0. The van der Waals surface area contributed by atoms with E-state index >= 15 is 0 Å². The first kappa shape index (κ1) is 14.3. The minimum atomic E-state index is 0.780. The van der Waals surface area contributed by atoms with Gasteiger partial charge in [-0.15, -0.1) is 0 Å². The Labute approximate surface area is 114 Å². The average molecular weight is 252 g/mol. The molecule has 106 valence electrons. The quantitative estimate of drug-likeness (QED) is 0.779. The van der Waals surface area contributed by atoms with Crippen LogP contribution >= 0.6 is 0 Å². The van der Waals surface area contributed by atoms with Crippen molar-refractivity contribution in [2.75, 3.05) is 19.6 Å². The topological polar surface area (TPSA) is 15.3 Å². The second-order valence-electron chi connectivity index (χ2n) is 6.50. The molecule has 2 nitrogen and oxygen atoms in total. The van der Waals surface area contributed by atoms with Gasteiger partial charge in [0.15, 0.2) is 0 Å². The van der Waals surface area contributed by atoms with Crippen LogP contribution in [0.3, 0.4) is 0 Å². The van der Waals surface area contributed by atoms with Crippen LogP contribution in [0.1, 0.15) is 65.2 Å². The van der Waals surface area contributed by atoms with E-state index in [2.05, 4.69) is 24.1 Å². The van der Waals surface area contributed by atoms with Crippen LogP contribution < -0.4 is 5.32 Å². The van der Waals surface area contributed by atoms with Crippen LogP contribution in [0.25, 0.3) is 0 Å². The van der Waals surface area contributed by atoms with Gasteiger partial charge in [-0.2, -0.15) is 0 Å². The van der Waals surface area contributed by atoms with E-state index in [1.807, 2.05) is 0 Å². The zero-order valence-corrected chi connectivity index (χ0v) is 12.5. The van der Waals surface area contributed by atoms with E-state index in [9.17, 15) is 0 Å². The van der Waals surface area contributed by atoms with Gasteiger partial charge in [0.05, 0.1) is 0 Å². The van der Waals surface area contributed by atoms with E-state index in [1.54, 1.807) is 0 Å². The molecule has 2 heteroatoms. The molecule has 2 aliphatic rings. The van der Waals surface area contributed by atoms with Gasteiger partial charge >= 0.3 is 0 Å². The van der Waals surface area contributed by atoms with Gasteiger partial charge in [0, 0.05) is 12.1 Å². The predicted molar refractivity (Wildman–Crippen MR) is 78.9 cm³/mol. The second kappa shape index (κ2) is 7.49. The van der Waals surface area contributed by atoms with Gasteiger partial charge in [-0.25, -0.2) is 0 Å². The Morgan fingerprint density at radius 1 is 1.17 bits per heavy atom. The van der Waals surface area contributed by atoms with E-state index < -0.39 is 0 Å². The molecule has 0 aromatic heterocycles. The first-order chi connectivity index (χ1) is 8.79. The Bertz CT molecular complexity index is 223. The number of hydrogen-bond donors (Lipinski definition) is 1. The van der Waals surface area contributed by atoms with Crippen molar-refractivity contribution in [2.24, 2.45) is 5.92 Å². The standard InChI is InChI=1S/C16H32N2/c1-3-10-17-16-9-12-18(14(2)13-16)11-8-15-6-4-5-7-15/h14-17H,3-13H2,1-2H3. The van der Waals surface area contributed by atoms with E-state index in [0.29, 0.717) is 0 Å². The summed E-state index contributed by atoms with van der Waals surface area (Å²) in [6.45, 7) is 8.54. The largest absolute Gasteiger partial charge is 0.314 e. The molecule has 2 rings (SSSR count). The van der Waals surface area contributed by atoms with Crippen LogP contribution in [0, 0.1) is 5.92 Å². The summed E-state index contributed by atoms with van der Waals surface area (Å²) in [6, 6.07) is 1.57. The minimum Gasteiger partial charge on any atom is -0.314 e. The van der Waals surface area contributed by atoms with Crippen molar-refractivity contribution in [1.29, 1.82) is 0 Å². The zero-order chi connectivity index (χ0) is 12.8. The number of nitrogens with one attached hydrogen (secondary N) is 1. The monoisotopic (exact) mass is 252 g/mol. The first-order valence-electron chi connectivity index (χ1n) is 8.27. The van der Waals surface area contributed by atoms with E-state index in [1.165, 1.54) is 71.0 Å². The summed E-state index contributed by atoms with van der Waals surface area (Å²) in [6.07, 6.45) is 11.4. The third-order valence-electron chi connectivity index (χ3n) is 5.00.